The highest BCUT2D eigenvalue weighted by molar-refractivity contribution is 5.60. The number of methoxy groups -OCH3 is 1. The van der Waals surface area contributed by atoms with Crippen LogP contribution >= 0.6 is 0 Å². The SMILES string of the molecule is CCN(CC)c1ccc(Nc2cnnc(NCCc3ccc(OC)cc3)n2)cc1. The van der Waals surface area contributed by atoms with Crippen LogP contribution in [0.2, 0.25) is 0 Å². The molecule has 1 heterocycles. The van der Waals surface area contributed by atoms with Gasteiger partial charge in [0, 0.05) is 31.0 Å². The topological polar surface area (TPSA) is 75.2 Å². The molecule has 2 aromatic carbocycles. The summed E-state index contributed by atoms with van der Waals surface area (Å²) in [7, 11) is 1.67. The summed E-state index contributed by atoms with van der Waals surface area (Å²) >= 11 is 0. The fraction of sp³-hybridized carbons (Fsp3) is 0.318. The fourth-order valence-electron chi connectivity index (χ4n) is 3.04. The summed E-state index contributed by atoms with van der Waals surface area (Å²) in [5.41, 5.74) is 3.39. The molecule has 0 radical (unpaired) electrons. The van der Waals surface area contributed by atoms with Crippen LogP contribution in [0.4, 0.5) is 23.1 Å². The summed E-state index contributed by atoms with van der Waals surface area (Å²) in [4.78, 5) is 6.80. The second-order valence-electron chi connectivity index (χ2n) is 6.53. The molecule has 0 saturated heterocycles. The predicted octanol–water partition coefficient (Wildman–Crippen LogP) is 4.12. The number of hydrogen-bond donors (Lipinski definition) is 2. The molecule has 0 saturated carbocycles. The van der Waals surface area contributed by atoms with Crippen LogP contribution in [0.1, 0.15) is 19.4 Å². The van der Waals surface area contributed by atoms with Crippen LogP contribution in [-0.4, -0.2) is 41.9 Å². The minimum atomic E-state index is 0.503. The Morgan fingerprint density at radius 3 is 2.34 bits per heavy atom. The average Bonchev–Trinajstić information content (AvgIpc) is 2.76. The van der Waals surface area contributed by atoms with Gasteiger partial charge >= 0.3 is 0 Å². The molecule has 152 valence electrons. The second-order valence-corrected chi connectivity index (χ2v) is 6.53. The maximum atomic E-state index is 5.18. The minimum Gasteiger partial charge on any atom is -0.497 e. The molecule has 3 aromatic rings. The Bertz CT molecular complexity index is 879. The summed E-state index contributed by atoms with van der Waals surface area (Å²) in [5.74, 6) is 2.02. The van der Waals surface area contributed by atoms with Crippen molar-refractivity contribution in [1.82, 2.24) is 15.2 Å². The molecule has 0 amide bonds. The molecule has 0 aliphatic carbocycles. The summed E-state index contributed by atoms with van der Waals surface area (Å²) in [5, 5.41) is 14.6. The van der Waals surface area contributed by atoms with Crippen molar-refractivity contribution in [3.8, 4) is 5.75 Å². The summed E-state index contributed by atoms with van der Waals surface area (Å²) in [6.07, 6.45) is 2.48. The smallest absolute Gasteiger partial charge is 0.244 e. The Labute approximate surface area is 172 Å². The van der Waals surface area contributed by atoms with Crippen LogP contribution in [0, 0.1) is 0 Å². The van der Waals surface area contributed by atoms with Gasteiger partial charge in [-0.15, -0.1) is 5.10 Å². The third-order valence-corrected chi connectivity index (χ3v) is 4.68. The van der Waals surface area contributed by atoms with E-state index in [1.54, 1.807) is 13.3 Å². The standard InChI is InChI=1S/C22H28N6O/c1-4-28(5-2)19-10-8-18(9-11-19)25-21-16-24-27-22(26-21)23-15-14-17-6-12-20(29-3)13-7-17/h6-13,16H,4-5,14-15H2,1-3H3,(H2,23,25,26,27). The van der Waals surface area contributed by atoms with Crippen LogP contribution in [0.5, 0.6) is 5.75 Å². The molecule has 0 aliphatic heterocycles. The van der Waals surface area contributed by atoms with Crippen molar-refractivity contribution in [2.45, 2.75) is 20.3 Å². The Balaban J connectivity index is 1.54. The van der Waals surface area contributed by atoms with Crippen molar-refractivity contribution in [3.05, 3.63) is 60.3 Å². The van der Waals surface area contributed by atoms with Gasteiger partial charge in [-0.05, 0) is 62.2 Å². The third kappa shape index (κ3) is 5.81. The van der Waals surface area contributed by atoms with Crippen LogP contribution in [0.15, 0.2) is 54.7 Å². The van der Waals surface area contributed by atoms with Gasteiger partial charge in [0.2, 0.25) is 5.95 Å². The van der Waals surface area contributed by atoms with Crippen molar-refractivity contribution >= 4 is 23.1 Å². The van der Waals surface area contributed by atoms with Gasteiger partial charge < -0.3 is 20.3 Å². The van der Waals surface area contributed by atoms with Gasteiger partial charge in [-0.3, -0.25) is 0 Å². The van der Waals surface area contributed by atoms with E-state index in [1.165, 1.54) is 11.3 Å². The van der Waals surface area contributed by atoms with E-state index < -0.39 is 0 Å². The normalized spacial score (nSPS) is 10.4. The predicted molar refractivity (Wildman–Crippen MR) is 118 cm³/mol. The molecule has 0 aliphatic rings. The van der Waals surface area contributed by atoms with Gasteiger partial charge in [-0.2, -0.15) is 10.1 Å². The number of rotatable bonds is 10. The third-order valence-electron chi connectivity index (χ3n) is 4.68. The van der Waals surface area contributed by atoms with E-state index in [4.69, 9.17) is 4.74 Å². The lowest BCUT2D eigenvalue weighted by molar-refractivity contribution is 0.414. The van der Waals surface area contributed by atoms with E-state index >= 15 is 0 Å². The van der Waals surface area contributed by atoms with Crippen molar-refractivity contribution in [2.75, 3.05) is 42.3 Å². The van der Waals surface area contributed by atoms with Crippen LogP contribution in [-0.2, 0) is 6.42 Å². The molecule has 2 N–H and O–H groups in total. The number of benzene rings is 2. The summed E-state index contributed by atoms with van der Waals surface area (Å²) in [6.45, 7) is 7.02. The largest absolute Gasteiger partial charge is 0.497 e. The van der Waals surface area contributed by atoms with E-state index in [0.717, 1.165) is 37.5 Å². The molecule has 1 aromatic heterocycles. The van der Waals surface area contributed by atoms with E-state index in [1.807, 2.05) is 24.3 Å². The zero-order valence-electron chi connectivity index (χ0n) is 17.2. The van der Waals surface area contributed by atoms with Crippen molar-refractivity contribution in [2.24, 2.45) is 0 Å². The molecular weight excluding hydrogens is 364 g/mol. The maximum Gasteiger partial charge on any atom is 0.244 e. The monoisotopic (exact) mass is 392 g/mol. The Kier molecular flexibility index (Phi) is 7.22. The number of hydrogen-bond acceptors (Lipinski definition) is 7. The molecular formula is C22H28N6O. The van der Waals surface area contributed by atoms with E-state index in [9.17, 15) is 0 Å². The average molecular weight is 393 g/mol. The zero-order chi connectivity index (χ0) is 20.5. The lowest BCUT2D eigenvalue weighted by Gasteiger charge is -2.21. The molecule has 0 atom stereocenters. The quantitative estimate of drug-likeness (QED) is 0.537. The first-order chi connectivity index (χ1) is 14.2. The molecule has 0 fully saturated rings. The van der Waals surface area contributed by atoms with E-state index in [-0.39, 0.29) is 0 Å². The van der Waals surface area contributed by atoms with Gasteiger partial charge in [-0.1, -0.05) is 12.1 Å². The highest BCUT2D eigenvalue weighted by atomic mass is 16.5. The number of anilines is 4. The molecule has 0 unspecified atom stereocenters. The highest BCUT2D eigenvalue weighted by Crippen LogP contribution is 2.20. The zero-order valence-corrected chi connectivity index (χ0v) is 17.2. The van der Waals surface area contributed by atoms with Crippen molar-refractivity contribution in [3.63, 3.8) is 0 Å². The van der Waals surface area contributed by atoms with E-state index in [0.29, 0.717) is 11.8 Å². The molecule has 0 spiro atoms. The fourth-order valence-corrected chi connectivity index (χ4v) is 3.04. The Morgan fingerprint density at radius 2 is 1.69 bits per heavy atom. The Morgan fingerprint density at radius 1 is 0.966 bits per heavy atom. The lowest BCUT2D eigenvalue weighted by atomic mass is 10.1. The minimum absolute atomic E-state index is 0.503. The van der Waals surface area contributed by atoms with Crippen LogP contribution < -0.4 is 20.3 Å². The summed E-state index contributed by atoms with van der Waals surface area (Å²) in [6, 6.07) is 16.3. The van der Waals surface area contributed by atoms with Crippen molar-refractivity contribution < 1.29 is 4.74 Å². The van der Waals surface area contributed by atoms with Crippen LogP contribution in [0.3, 0.4) is 0 Å². The number of aromatic nitrogens is 3. The molecule has 29 heavy (non-hydrogen) atoms. The molecule has 7 heteroatoms. The second kappa shape index (κ2) is 10.3. The Hall–Kier alpha value is -3.35. The first-order valence-electron chi connectivity index (χ1n) is 9.90. The molecule has 3 rings (SSSR count). The first-order valence-corrected chi connectivity index (χ1v) is 9.90. The van der Waals surface area contributed by atoms with Crippen molar-refractivity contribution in [1.29, 1.82) is 0 Å². The molecule has 0 bridgehead atoms. The lowest BCUT2D eigenvalue weighted by Crippen LogP contribution is -2.21. The number of ether oxygens (including phenoxy) is 1. The first kappa shape index (κ1) is 20.4. The summed E-state index contributed by atoms with van der Waals surface area (Å²) < 4.78 is 5.18. The number of nitrogens with one attached hydrogen (secondary N) is 2. The maximum absolute atomic E-state index is 5.18. The van der Waals surface area contributed by atoms with Crippen LogP contribution in [0.25, 0.3) is 0 Å². The van der Waals surface area contributed by atoms with Gasteiger partial charge in [-0.25, -0.2) is 0 Å². The molecule has 7 nitrogen and oxygen atoms in total. The van der Waals surface area contributed by atoms with Gasteiger partial charge in [0.1, 0.15) is 5.75 Å². The number of nitrogens with zero attached hydrogens (tertiary/aromatic N) is 4. The highest BCUT2D eigenvalue weighted by Gasteiger charge is 2.04. The van der Waals surface area contributed by atoms with Gasteiger partial charge in [0.05, 0.1) is 13.3 Å². The van der Waals surface area contributed by atoms with E-state index in [2.05, 4.69) is 68.8 Å². The van der Waals surface area contributed by atoms with Gasteiger partial charge in [0.15, 0.2) is 5.82 Å². The van der Waals surface area contributed by atoms with Gasteiger partial charge in [0.25, 0.3) is 0 Å².